The first kappa shape index (κ1) is 29.2. The third-order valence-electron chi connectivity index (χ3n) is 5.59. The van der Waals surface area contributed by atoms with E-state index in [0.717, 1.165) is 5.56 Å². The van der Waals surface area contributed by atoms with Crippen LogP contribution < -0.4 is 16.4 Å². The molecule has 4 amide bonds. The minimum Gasteiger partial charge on any atom is -0.508 e. The van der Waals surface area contributed by atoms with Crippen molar-refractivity contribution >= 4 is 29.5 Å². The minimum absolute atomic E-state index is 0.0433. The number of anilines is 1. The first-order valence-electron chi connectivity index (χ1n) is 11.9. The van der Waals surface area contributed by atoms with Crippen molar-refractivity contribution in [3.05, 3.63) is 59.2 Å². The molecule has 200 valence electrons. The minimum atomic E-state index is -1.18. The van der Waals surface area contributed by atoms with E-state index >= 15 is 0 Å². The van der Waals surface area contributed by atoms with E-state index in [1.165, 1.54) is 18.0 Å². The Morgan fingerprint density at radius 3 is 2.27 bits per heavy atom. The second-order valence-corrected chi connectivity index (χ2v) is 9.91. The molecule has 0 bridgehead atoms. The van der Waals surface area contributed by atoms with E-state index in [0.29, 0.717) is 16.8 Å². The maximum absolute atomic E-state index is 13.6. The lowest BCUT2D eigenvalue weighted by Gasteiger charge is -2.32. The number of carbonyl (C=O) groups excluding carboxylic acids is 4. The zero-order chi connectivity index (χ0) is 27.9. The van der Waals surface area contributed by atoms with Crippen molar-refractivity contribution in [2.75, 3.05) is 12.4 Å². The number of hydrogen-bond donors (Lipinski definition) is 4. The van der Waals surface area contributed by atoms with Crippen LogP contribution in [0.15, 0.2) is 42.5 Å². The molecule has 0 radical (unpaired) electrons. The monoisotopic (exact) mass is 512 g/mol. The van der Waals surface area contributed by atoms with Crippen LogP contribution in [0.25, 0.3) is 0 Å². The first-order chi connectivity index (χ1) is 17.2. The number of aromatic hydroxyl groups is 1. The highest BCUT2D eigenvalue weighted by Gasteiger charge is 2.34. The summed E-state index contributed by atoms with van der Waals surface area (Å²) < 4.78 is 5.27. The fourth-order valence-corrected chi connectivity index (χ4v) is 3.68. The fourth-order valence-electron chi connectivity index (χ4n) is 3.68. The summed E-state index contributed by atoms with van der Waals surface area (Å²) in [5.74, 6) is -1.72. The van der Waals surface area contributed by atoms with Crippen LogP contribution >= 0.6 is 0 Å². The summed E-state index contributed by atoms with van der Waals surface area (Å²) >= 11 is 0. The van der Waals surface area contributed by atoms with Crippen LogP contribution in [-0.2, 0) is 19.1 Å². The third kappa shape index (κ3) is 8.52. The van der Waals surface area contributed by atoms with E-state index in [2.05, 4.69) is 10.6 Å². The number of para-hydroxylation sites is 1. The molecule has 0 saturated heterocycles. The molecule has 0 aromatic heterocycles. The summed E-state index contributed by atoms with van der Waals surface area (Å²) in [4.78, 5) is 52.3. The highest BCUT2D eigenvalue weighted by molar-refractivity contribution is 5.99. The van der Waals surface area contributed by atoms with Gasteiger partial charge in [0.05, 0.1) is 0 Å². The fraction of sp³-hybridized carbons (Fsp3) is 0.407. The molecule has 2 rings (SSSR count). The first-order valence-corrected chi connectivity index (χ1v) is 11.9. The number of alkyl carbamates (subject to hydrolysis) is 1. The SMILES string of the molecule is Cc1cc(C(C(=O)Nc2ccccc2C)N(C)C(=O)C(CCC(N)=O)NC(=O)OC(C)(C)C)ccc1O. The lowest BCUT2D eigenvalue weighted by Crippen LogP contribution is -2.51. The number of amides is 4. The molecule has 0 fully saturated rings. The molecule has 0 aliphatic heterocycles. The summed E-state index contributed by atoms with van der Waals surface area (Å²) in [6.07, 6.45) is -1.10. The molecule has 0 saturated carbocycles. The number of phenols is 1. The van der Waals surface area contributed by atoms with Gasteiger partial charge in [-0.05, 0) is 75.9 Å². The van der Waals surface area contributed by atoms with E-state index in [4.69, 9.17) is 10.5 Å². The zero-order valence-corrected chi connectivity index (χ0v) is 22.1. The Balaban J connectivity index is 2.43. The molecule has 10 nitrogen and oxygen atoms in total. The van der Waals surface area contributed by atoms with Crippen LogP contribution in [0.4, 0.5) is 10.5 Å². The highest BCUT2D eigenvalue weighted by Crippen LogP contribution is 2.28. The van der Waals surface area contributed by atoms with E-state index in [1.807, 2.05) is 19.1 Å². The van der Waals surface area contributed by atoms with Crippen molar-refractivity contribution in [3.8, 4) is 5.75 Å². The van der Waals surface area contributed by atoms with E-state index in [-0.39, 0.29) is 18.6 Å². The number of primary amides is 1. The molecular weight excluding hydrogens is 476 g/mol. The van der Waals surface area contributed by atoms with Crippen molar-refractivity contribution in [1.82, 2.24) is 10.2 Å². The van der Waals surface area contributed by atoms with Crippen LogP contribution in [0.5, 0.6) is 5.75 Å². The van der Waals surface area contributed by atoms with Gasteiger partial charge in [0.15, 0.2) is 0 Å². The predicted molar refractivity (Wildman–Crippen MR) is 140 cm³/mol. The number of carbonyl (C=O) groups is 4. The van der Waals surface area contributed by atoms with Crippen LogP contribution in [0, 0.1) is 13.8 Å². The number of phenolic OH excluding ortho intramolecular Hbond substituents is 1. The predicted octanol–water partition coefficient (Wildman–Crippen LogP) is 3.31. The van der Waals surface area contributed by atoms with Gasteiger partial charge in [-0.1, -0.05) is 24.3 Å². The lowest BCUT2D eigenvalue weighted by molar-refractivity contribution is -0.139. The molecule has 2 atom stereocenters. The van der Waals surface area contributed by atoms with Gasteiger partial charge < -0.3 is 31.1 Å². The summed E-state index contributed by atoms with van der Waals surface area (Å²) in [6.45, 7) is 8.56. The molecule has 0 heterocycles. The molecule has 2 aromatic rings. The summed E-state index contributed by atoms with van der Waals surface area (Å²) in [6, 6.07) is 9.51. The number of nitrogens with two attached hydrogens (primary N) is 1. The van der Waals surface area contributed by atoms with Gasteiger partial charge in [-0.3, -0.25) is 14.4 Å². The van der Waals surface area contributed by atoms with Crippen molar-refractivity contribution in [3.63, 3.8) is 0 Å². The average molecular weight is 513 g/mol. The van der Waals surface area contributed by atoms with Gasteiger partial charge in [-0.25, -0.2) is 4.79 Å². The number of ether oxygens (including phenoxy) is 1. The second-order valence-electron chi connectivity index (χ2n) is 9.91. The number of nitrogens with one attached hydrogen (secondary N) is 2. The Kier molecular flexibility index (Phi) is 9.65. The molecule has 37 heavy (non-hydrogen) atoms. The molecule has 0 aliphatic carbocycles. The zero-order valence-electron chi connectivity index (χ0n) is 22.1. The van der Waals surface area contributed by atoms with Gasteiger partial charge in [-0.2, -0.15) is 0 Å². The second kappa shape index (κ2) is 12.2. The smallest absolute Gasteiger partial charge is 0.408 e. The van der Waals surface area contributed by atoms with Crippen molar-refractivity contribution in [2.24, 2.45) is 5.73 Å². The van der Waals surface area contributed by atoms with Crippen LogP contribution in [0.2, 0.25) is 0 Å². The van der Waals surface area contributed by atoms with Crippen LogP contribution in [0.1, 0.15) is 56.3 Å². The summed E-state index contributed by atoms with van der Waals surface area (Å²) in [7, 11) is 1.43. The van der Waals surface area contributed by atoms with Crippen LogP contribution in [0.3, 0.4) is 0 Å². The van der Waals surface area contributed by atoms with E-state index in [9.17, 15) is 24.3 Å². The van der Waals surface area contributed by atoms with Crippen molar-refractivity contribution in [1.29, 1.82) is 0 Å². The number of nitrogens with zero attached hydrogens (tertiary/aromatic N) is 1. The Morgan fingerprint density at radius 1 is 1.05 bits per heavy atom. The van der Waals surface area contributed by atoms with Crippen molar-refractivity contribution < 1.29 is 29.0 Å². The molecule has 10 heteroatoms. The largest absolute Gasteiger partial charge is 0.508 e. The van der Waals surface area contributed by atoms with Crippen molar-refractivity contribution in [2.45, 2.75) is 65.1 Å². The highest BCUT2D eigenvalue weighted by atomic mass is 16.6. The Labute approximate surface area is 217 Å². The number of rotatable bonds is 9. The quantitative estimate of drug-likeness (QED) is 0.405. The van der Waals surface area contributed by atoms with Gasteiger partial charge in [0.1, 0.15) is 23.4 Å². The molecule has 2 aromatic carbocycles. The number of hydrogen-bond acceptors (Lipinski definition) is 6. The van der Waals surface area contributed by atoms with Gasteiger partial charge in [0, 0.05) is 19.2 Å². The van der Waals surface area contributed by atoms with Crippen LogP contribution in [-0.4, -0.2) is 52.5 Å². The third-order valence-corrected chi connectivity index (χ3v) is 5.59. The number of benzene rings is 2. The molecular formula is C27H36N4O6. The molecule has 0 aliphatic rings. The molecule has 2 unspecified atom stereocenters. The molecule has 0 spiro atoms. The normalized spacial score (nSPS) is 12.7. The Hall–Kier alpha value is -4.08. The lowest BCUT2D eigenvalue weighted by atomic mass is 10.00. The summed E-state index contributed by atoms with van der Waals surface area (Å²) in [5, 5.41) is 15.4. The summed E-state index contributed by atoms with van der Waals surface area (Å²) in [5.41, 5.74) is 6.84. The maximum atomic E-state index is 13.6. The average Bonchev–Trinajstić information content (AvgIpc) is 2.78. The Bertz CT molecular complexity index is 1160. The maximum Gasteiger partial charge on any atom is 0.408 e. The van der Waals surface area contributed by atoms with E-state index < -0.39 is 41.5 Å². The van der Waals surface area contributed by atoms with Gasteiger partial charge >= 0.3 is 6.09 Å². The van der Waals surface area contributed by atoms with Gasteiger partial charge in [-0.15, -0.1) is 0 Å². The Morgan fingerprint density at radius 2 is 1.70 bits per heavy atom. The van der Waals surface area contributed by atoms with Gasteiger partial charge in [0.25, 0.3) is 5.91 Å². The topological polar surface area (TPSA) is 151 Å². The number of likely N-dealkylation sites (N-methyl/N-ethyl adjacent to an activating group) is 1. The molecule has 5 N–H and O–H groups in total. The van der Waals surface area contributed by atoms with Gasteiger partial charge in [0.2, 0.25) is 11.8 Å². The van der Waals surface area contributed by atoms with E-state index in [1.54, 1.807) is 52.0 Å². The number of aryl methyl sites for hydroxylation is 2. The standard InChI is InChI=1S/C27H36N4O6/c1-16-9-7-8-10-19(16)29-24(34)23(18-11-13-21(32)17(2)15-18)31(6)25(35)20(12-14-22(28)33)30-26(36)37-27(3,4)5/h7-11,13,15,20,23,32H,12,14H2,1-6H3,(H2,28,33)(H,29,34)(H,30,36).